The standard InChI is InChI=1S/C18H22N2O3/c1-12-8-9-13-5-2-3-6-14(13)17(12)20-18(22)19-11-15(21)16-7-4-10-23-16/h2-7,10,12,15,17,21H,8-9,11H2,1H3,(H2,19,20,22). The Labute approximate surface area is 135 Å². The molecule has 0 aliphatic heterocycles. The van der Waals surface area contributed by atoms with Crippen LogP contribution in [-0.2, 0) is 6.42 Å². The SMILES string of the molecule is CC1CCc2ccccc2C1NC(=O)NCC(O)c1ccco1. The van der Waals surface area contributed by atoms with Crippen LogP contribution in [0.3, 0.4) is 0 Å². The molecule has 3 atom stereocenters. The van der Waals surface area contributed by atoms with Crippen molar-refractivity contribution in [3.63, 3.8) is 0 Å². The van der Waals surface area contributed by atoms with Gasteiger partial charge in [-0.1, -0.05) is 31.2 Å². The van der Waals surface area contributed by atoms with Crippen LogP contribution in [0.5, 0.6) is 0 Å². The number of aryl methyl sites for hydroxylation is 1. The molecular weight excluding hydrogens is 292 g/mol. The molecule has 1 aliphatic rings. The molecule has 5 nitrogen and oxygen atoms in total. The van der Waals surface area contributed by atoms with E-state index in [9.17, 15) is 9.90 Å². The van der Waals surface area contributed by atoms with Crippen LogP contribution in [0.1, 0.15) is 42.4 Å². The second-order valence-corrected chi connectivity index (χ2v) is 6.08. The quantitative estimate of drug-likeness (QED) is 0.812. The summed E-state index contributed by atoms with van der Waals surface area (Å²) in [6, 6.07) is 11.4. The monoisotopic (exact) mass is 314 g/mol. The first-order chi connectivity index (χ1) is 11.1. The van der Waals surface area contributed by atoms with E-state index < -0.39 is 6.10 Å². The smallest absolute Gasteiger partial charge is 0.315 e. The number of hydrogen-bond donors (Lipinski definition) is 3. The summed E-state index contributed by atoms with van der Waals surface area (Å²) in [6.07, 6.45) is 2.76. The molecule has 3 unspecified atom stereocenters. The van der Waals surface area contributed by atoms with E-state index in [-0.39, 0.29) is 18.6 Å². The van der Waals surface area contributed by atoms with Gasteiger partial charge in [0.15, 0.2) is 0 Å². The average molecular weight is 314 g/mol. The lowest BCUT2D eigenvalue weighted by Gasteiger charge is -2.32. The van der Waals surface area contributed by atoms with E-state index in [2.05, 4.69) is 29.7 Å². The fraction of sp³-hybridized carbons (Fsp3) is 0.389. The molecule has 23 heavy (non-hydrogen) atoms. The molecule has 0 fully saturated rings. The molecule has 0 spiro atoms. The zero-order valence-corrected chi connectivity index (χ0v) is 13.2. The lowest BCUT2D eigenvalue weighted by atomic mass is 9.81. The zero-order chi connectivity index (χ0) is 16.2. The molecule has 5 heteroatoms. The first kappa shape index (κ1) is 15.6. The molecule has 3 rings (SSSR count). The maximum atomic E-state index is 12.2. The molecule has 2 amide bonds. The van der Waals surface area contributed by atoms with Crippen LogP contribution in [0.25, 0.3) is 0 Å². The molecule has 2 aromatic rings. The molecule has 0 bridgehead atoms. The number of carbonyl (C=O) groups is 1. The minimum Gasteiger partial charge on any atom is -0.467 e. The van der Waals surface area contributed by atoms with Gasteiger partial charge >= 0.3 is 6.03 Å². The van der Waals surface area contributed by atoms with E-state index in [0.717, 1.165) is 12.8 Å². The van der Waals surface area contributed by atoms with E-state index in [1.807, 2.05) is 12.1 Å². The van der Waals surface area contributed by atoms with Crippen LogP contribution < -0.4 is 10.6 Å². The average Bonchev–Trinajstić information content (AvgIpc) is 3.10. The van der Waals surface area contributed by atoms with Gasteiger partial charge in [0, 0.05) is 0 Å². The summed E-state index contributed by atoms with van der Waals surface area (Å²) in [6.45, 7) is 2.26. The van der Waals surface area contributed by atoms with Gasteiger partial charge in [0.25, 0.3) is 0 Å². The summed E-state index contributed by atoms with van der Waals surface area (Å²) >= 11 is 0. The lowest BCUT2D eigenvalue weighted by molar-refractivity contribution is 0.147. The number of amides is 2. The summed E-state index contributed by atoms with van der Waals surface area (Å²) in [7, 11) is 0. The number of rotatable bonds is 4. The zero-order valence-electron chi connectivity index (χ0n) is 13.2. The first-order valence-electron chi connectivity index (χ1n) is 7.99. The Kier molecular flexibility index (Phi) is 4.67. The third-order valence-electron chi connectivity index (χ3n) is 4.44. The fourth-order valence-electron chi connectivity index (χ4n) is 3.10. The van der Waals surface area contributed by atoms with Crippen molar-refractivity contribution in [3.05, 3.63) is 59.5 Å². The summed E-state index contributed by atoms with van der Waals surface area (Å²) in [5.41, 5.74) is 2.49. The van der Waals surface area contributed by atoms with Crippen molar-refractivity contribution in [2.24, 2.45) is 5.92 Å². The van der Waals surface area contributed by atoms with Gasteiger partial charge in [-0.2, -0.15) is 0 Å². The predicted octanol–water partition coefficient (Wildman–Crippen LogP) is 2.94. The number of benzene rings is 1. The second kappa shape index (κ2) is 6.87. The number of aliphatic hydroxyl groups is 1. The van der Waals surface area contributed by atoms with Gasteiger partial charge in [0.05, 0.1) is 18.8 Å². The minimum atomic E-state index is -0.841. The number of aliphatic hydroxyl groups excluding tert-OH is 1. The van der Waals surface area contributed by atoms with Gasteiger partial charge in [-0.3, -0.25) is 0 Å². The van der Waals surface area contributed by atoms with Crippen molar-refractivity contribution in [2.45, 2.75) is 31.9 Å². The van der Waals surface area contributed by atoms with Crippen LogP contribution in [0, 0.1) is 5.92 Å². The Morgan fingerprint density at radius 3 is 2.96 bits per heavy atom. The Hall–Kier alpha value is -2.27. The van der Waals surface area contributed by atoms with Gasteiger partial charge < -0.3 is 20.2 Å². The summed E-state index contributed by atoms with van der Waals surface area (Å²) in [5.74, 6) is 0.826. The van der Waals surface area contributed by atoms with E-state index >= 15 is 0 Å². The molecular formula is C18H22N2O3. The van der Waals surface area contributed by atoms with Crippen molar-refractivity contribution in [2.75, 3.05) is 6.54 Å². The number of nitrogens with one attached hydrogen (secondary N) is 2. The van der Waals surface area contributed by atoms with E-state index in [1.54, 1.807) is 12.1 Å². The molecule has 0 radical (unpaired) electrons. The summed E-state index contributed by atoms with van der Waals surface area (Å²) in [4.78, 5) is 12.2. The summed E-state index contributed by atoms with van der Waals surface area (Å²) in [5, 5.41) is 15.7. The van der Waals surface area contributed by atoms with Crippen LogP contribution in [0.4, 0.5) is 4.79 Å². The molecule has 0 saturated carbocycles. The first-order valence-corrected chi connectivity index (χ1v) is 7.99. The predicted molar refractivity (Wildman–Crippen MR) is 86.9 cm³/mol. The van der Waals surface area contributed by atoms with E-state index in [1.165, 1.54) is 17.4 Å². The van der Waals surface area contributed by atoms with Crippen molar-refractivity contribution >= 4 is 6.03 Å². The number of fused-ring (bicyclic) bond motifs is 1. The maximum absolute atomic E-state index is 12.2. The molecule has 1 aromatic heterocycles. The van der Waals surface area contributed by atoms with Crippen LogP contribution >= 0.6 is 0 Å². The number of urea groups is 1. The minimum absolute atomic E-state index is 0.000653. The lowest BCUT2D eigenvalue weighted by Crippen LogP contribution is -2.42. The van der Waals surface area contributed by atoms with Gasteiger partial charge in [-0.25, -0.2) is 4.79 Å². The van der Waals surface area contributed by atoms with Crippen LogP contribution in [0.2, 0.25) is 0 Å². The topological polar surface area (TPSA) is 74.5 Å². The highest BCUT2D eigenvalue weighted by Gasteiger charge is 2.27. The Balaban J connectivity index is 1.59. The molecule has 1 heterocycles. The number of furan rings is 1. The number of carbonyl (C=O) groups excluding carboxylic acids is 1. The molecule has 0 saturated heterocycles. The largest absolute Gasteiger partial charge is 0.467 e. The Bertz CT molecular complexity index is 654. The maximum Gasteiger partial charge on any atom is 0.315 e. The normalized spacial score (nSPS) is 21.3. The van der Waals surface area contributed by atoms with Gasteiger partial charge in [-0.05, 0) is 42.0 Å². The highest BCUT2D eigenvalue weighted by atomic mass is 16.4. The van der Waals surface area contributed by atoms with Crippen molar-refractivity contribution < 1.29 is 14.3 Å². The fourth-order valence-corrected chi connectivity index (χ4v) is 3.10. The molecule has 1 aliphatic carbocycles. The van der Waals surface area contributed by atoms with Gasteiger partial charge in [0.1, 0.15) is 11.9 Å². The van der Waals surface area contributed by atoms with E-state index in [4.69, 9.17) is 4.42 Å². The van der Waals surface area contributed by atoms with Crippen LogP contribution in [-0.4, -0.2) is 17.7 Å². The van der Waals surface area contributed by atoms with E-state index in [0.29, 0.717) is 11.7 Å². The van der Waals surface area contributed by atoms with Crippen LogP contribution in [0.15, 0.2) is 47.1 Å². The third kappa shape index (κ3) is 3.56. The highest BCUT2D eigenvalue weighted by Crippen LogP contribution is 2.33. The van der Waals surface area contributed by atoms with Gasteiger partial charge in [-0.15, -0.1) is 0 Å². The Morgan fingerprint density at radius 2 is 2.17 bits per heavy atom. The van der Waals surface area contributed by atoms with Crippen molar-refractivity contribution in [3.8, 4) is 0 Å². The molecule has 3 N–H and O–H groups in total. The van der Waals surface area contributed by atoms with Crippen molar-refractivity contribution in [1.29, 1.82) is 0 Å². The third-order valence-corrected chi connectivity index (χ3v) is 4.44. The number of hydrogen-bond acceptors (Lipinski definition) is 3. The highest BCUT2D eigenvalue weighted by molar-refractivity contribution is 5.74. The Morgan fingerprint density at radius 1 is 1.35 bits per heavy atom. The molecule has 122 valence electrons. The van der Waals surface area contributed by atoms with Gasteiger partial charge in [0.2, 0.25) is 0 Å². The molecule has 1 aromatic carbocycles. The summed E-state index contributed by atoms with van der Waals surface area (Å²) < 4.78 is 5.12. The van der Waals surface area contributed by atoms with Crippen molar-refractivity contribution in [1.82, 2.24) is 10.6 Å². The second-order valence-electron chi connectivity index (χ2n) is 6.08.